The maximum absolute atomic E-state index is 12.4. The Balaban J connectivity index is 1.40. The SMILES string of the molecule is CC(C)(C)C(=O)Nc1cncc(-c2cc3c(-c4nc5c(-c6ccoc6)cccc5[nH]4)n[nH]c3cn2)c1. The van der Waals surface area contributed by atoms with E-state index in [1.54, 1.807) is 31.1 Å². The van der Waals surface area contributed by atoms with Gasteiger partial charge in [0.1, 0.15) is 5.69 Å². The fraction of sp³-hybridized carbons (Fsp3) is 0.148. The molecule has 0 saturated carbocycles. The zero-order valence-corrected chi connectivity index (χ0v) is 20.0. The molecule has 5 aromatic heterocycles. The van der Waals surface area contributed by atoms with Crippen molar-refractivity contribution in [1.82, 2.24) is 30.1 Å². The third kappa shape index (κ3) is 3.80. The number of amides is 1. The van der Waals surface area contributed by atoms with Gasteiger partial charge in [0.25, 0.3) is 0 Å². The minimum absolute atomic E-state index is 0.0818. The number of carbonyl (C=O) groups excluding carboxylic acids is 1. The second-order valence-corrected chi connectivity index (χ2v) is 9.65. The van der Waals surface area contributed by atoms with E-state index in [1.165, 1.54) is 0 Å². The molecule has 0 spiro atoms. The molecule has 3 N–H and O–H groups in total. The van der Waals surface area contributed by atoms with Crippen molar-refractivity contribution < 1.29 is 9.21 Å². The van der Waals surface area contributed by atoms with Crippen molar-refractivity contribution in [2.75, 3.05) is 5.32 Å². The summed E-state index contributed by atoms with van der Waals surface area (Å²) < 4.78 is 5.27. The molecule has 5 heterocycles. The van der Waals surface area contributed by atoms with Gasteiger partial charge in [-0.25, -0.2) is 4.98 Å². The number of benzene rings is 1. The molecule has 0 unspecified atom stereocenters. The second kappa shape index (κ2) is 8.16. The van der Waals surface area contributed by atoms with E-state index < -0.39 is 5.41 Å². The molecule has 0 aliphatic rings. The fourth-order valence-corrected chi connectivity index (χ4v) is 4.02. The van der Waals surface area contributed by atoms with Crippen molar-refractivity contribution in [3.05, 3.63) is 67.5 Å². The van der Waals surface area contributed by atoms with Crippen LogP contribution in [0, 0.1) is 5.41 Å². The molecule has 36 heavy (non-hydrogen) atoms. The lowest BCUT2D eigenvalue weighted by atomic mass is 9.95. The van der Waals surface area contributed by atoms with Crippen molar-refractivity contribution >= 4 is 33.5 Å². The Kier molecular flexibility index (Phi) is 4.92. The molecule has 1 amide bonds. The molecule has 9 heteroatoms. The molecule has 6 rings (SSSR count). The number of hydrogen-bond donors (Lipinski definition) is 3. The van der Waals surface area contributed by atoms with Gasteiger partial charge >= 0.3 is 0 Å². The van der Waals surface area contributed by atoms with Crippen LogP contribution in [-0.4, -0.2) is 36.0 Å². The summed E-state index contributed by atoms with van der Waals surface area (Å²) in [5, 5.41) is 11.4. The Bertz CT molecular complexity index is 1720. The Morgan fingerprint density at radius 2 is 1.92 bits per heavy atom. The quantitative estimate of drug-likeness (QED) is 0.294. The molecule has 0 saturated heterocycles. The second-order valence-electron chi connectivity index (χ2n) is 9.65. The average Bonchev–Trinajstić information content (AvgIpc) is 3.62. The molecule has 9 nitrogen and oxygen atoms in total. The van der Waals surface area contributed by atoms with E-state index in [4.69, 9.17) is 9.40 Å². The van der Waals surface area contributed by atoms with Crippen LogP contribution in [0.3, 0.4) is 0 Å². The first-order chi connectivity index (χ1) is 17.4. The van der Waals surface area contributed by atoms with Crippen LogP contribution in [0.2, 0.25) is 0 Å². The number of pyridine rings is 2. The monoisotopic (exact) mass is 477 g/mol. The summed E-state index contributed by atoms with van der Waals surface area (Å²) in [6.45, 7) is 5.60. The average molecular weight is 478 g/mol. The van der Waals surface area contributed by atoms with Gasteiger partial charge in [0.15, 0.2) is 5.82 Å². The van der Waals surface area contributed by atoms with Crippen molar-refractivity contribution in [2.45, 2.75) is 20.8 Å². The summed E-state index contributed by atoms with van der Waals surface area (Å²) in [7, 11) is 0. The highest BCUT2D eigenvalue weighted by Gasteiger charge is 2.21. The predicted octanol–water partition coefficient (Wildman–Crippen LogP) is 5.81. The van der Waals surface area contributed by atoms with Crippen LogP contribution in [0.4, 0.5) is 5.69 Å². The molecular formula is C27H23N7O2. The lowest BCUT2D eigenvalue weighted by Gasteiger charge is -2.17. The smallest absolute Gasteiger partial charge is 0.229 e. The molecule has 1 aromatic carbocycles. The van der Waals surface area contributed by atoms with E-state index in [1.807, 2.05) is 57.2 Å². The van der Waals surface area contributed by atoms with Gasteiger partial charge in [-0.2, -0.15) is 5.10 Å². The van der Waals surface area contributed by atoms with Crippen LogP contribution in [0.5, 0.6) is 0 Å². The first-order valence-electron chi connectivity index (χ1n) is 11.5. The van der Waals surface area contributed by atoms with Gasteiger partial charge in [0.2, 0.25) is 5.91 Å². The standard InChI is InChI=1S/C27H23N7O2/c1-27(2,3)26(35)30-17-9-16(11-28-12-17)21-10-19-22(13-29-21)33-34-24(19)25-31-20-6-4-5-18(23(20)32-25)15-7-8-36-14-15/h4-14H,1-3H3,(H,30,35)(H,31,32)(H,33,34). The number of rotatable bonds is 4. The Morgan fingerprint density at radius 3 is 2.72 bits per heavy atom. The summed E-state index contributed by atoms with van der Waals surface area (Å²) in [6.07, 6.45) is 8.44. The number of furan rings is 1. The Morgan fingerprint density at radius 1 is 1.03 bits per heavy atom. The number of anilines is 1. The number of para-hydroxylation sites is 1. The number of H-pyrrole nitrogens is 2. The van der Waals surface area contributed by atoms with Gasteiger partial charge < -0.3 is 14.7 Å². The van der Waals surface area contributed by atoms with E-state index in [9.17, 15) is 4.79 Å². The van der Waals surface area contributed by atoms with E-state index in [-0.39, 0.29) is 5.91 Å². The minimum Gasteiger partial charge on any atom is -0.472 e. The lowest BCUT2D eigenvalue weighted by molar-refractivity contribution is -0.123. The van der Waals surface area contributed by atoms with E-state index in [2.05, 4.69) is 30.5 Å². The van der Waals surface area contributed by atoms with Gasteiger partial charge in [0, 0.05) is 33.7 Å². The van der Waals surface area contributed by atoms with Gasteiger partial charge in [-0.15, -0.1) is 0 Å². The minimum atomic E-state index is -0.511. The summed E-state index contributed by atoms with van der Waals surface area (Å²) >= 11 is 0. The van der Waals surface area contributed by atoms with Crippen molar-refractivity contribution in [3.63, 3.8) is 0 Å². The molecule has 0 aliphatic carbocycles. The van der Waals surface area contributed by atoms with Gasteiger partial charge in [0.05, 0.1) is 52.9 Å². The predicted molar refractivity (Wildman–Crippen MR) is 138 cm³/mol. The van der Waals surface area contributed by atoms with Crippen LogP contribution in [0.1, 0.15) is 20.8 Å². The number of nitrogens with zero attached hydrogens (tertiary/aromatic N) is 4. The van der Waals surface area contributed by atoms with Crippen LogP contribution in [0.25, 0.3) is 55.8 Å². The van der Waals surface area contributed by atoms with E-state index >= 15 is 0 Å². The largest absolute Gasteiger partial charge is 0.472 e. The molecule has 178 valence electrons. The zero-order valence-electron chi connectivity index (χ0n) is 20.0. The molecule has 0 bridgehead atoms. The van der Waals surface area contributed by atoms with Crippen molar-refractivity contribution in [1.29, 1.82) is 0 Å². The lowest BCUT2D eigenvalue weighted by Crippen LogP contribution is -2.27. The number of fused-ring (bicyclic) bond motifs is 2. The van der Waals surface area contributed by atoms with Gasteiger partial charge in [-0.3, -0.25) is 19.9 Å². The van der Waals surface area contributed by atoms with Crippen LogP contribution < -0.4 is 5.32 Å². The third-order valence-corrected chi connectivity index (χ3v) is 5.99. The van der Waals surface area contributed by atoms with E-state index in [0.29, 0.717) is 22.9 Å². The number of aromatic nitrogens is 6. The Hall–Kier alpha value is -4.79. The molecule has 0 aliphatic heterocycles. The maximum Gasteiger partial charge on any atom is 0.229 e. The molecule has 0 radical (unpaired) electrons. The van der Waals surface area contributed by atoms with Crippen LogP contribution in [0.15, 0.2) is 71.9 Å². The highest BCUT2D eigenvalue weighted by Crippen LogP contribution is 2.33. The van der Waals surface area contributed by atoms with Crippen LogP contribution >= 0.6 is 0 Å². The Labute approximate surface area is 206 Å². The van der Waals surface area contributed by atoms with E-state index in [0.717, 1.165) is 38.6 Å². The number of aromatic amines is 2. The van der Waals surface area contributed by atoms with Gasteiger partial charge in [-0.05, 0) is 24.3 Å². The number of hydrogen-bond acceptors (Lipinski definition) is 6. The first-order valence-corrected chi connectivity index (χ1v) is 11.5. The number of imidazole rings is 1. The summed E-state index contributed by atoms with van der Waals surface area (Å²) in [5.74, 6) is 0.565. The number of carbonyl (C=O) groups is 1. The first kappa shape index (κ1) is 21.7. The normalized spacial score (nSPS) is 11.9. The molecule has 6 aromatic rings. The fourth-order valence-electron chi connectivity index (χ4n) is 4.02. The molecule has 0 fully saturated rings. The highest BCUT2D eigenvalue weighted by atomic mass is 16.3. The highest BCUT2D eigenvalue weighted by molar-refractivity contribution is 5.98. The third-order valence-electron chi connectivity index (χ3n) is 5.99. The van der Waals surface area contributed by atoms with Gasteiger partial charge in [-0.1, -0.05) is 32.9 Å². The molecular weight excluding hydrogens is 454 g/mol. The maximum atomic E-state index is 12.4. The number of nitrogens with one attached hydrogen (secondary N) is 3. The summed E-state index contributed by atoms with van der Waals surface area (Å²) in [4.78, 5) is 29.6. The topological polar surface area (TPSA) is 125 Å². The van der Waals surface area contributed by atoms with Crippen LogP contribution in [-0.2, 0) is 4.79 Å². The van der Waals surface area contributed by atoms with Crippen molar-refractivity contribution in [2.24, 2.45) is 5.41 Å². The molecule has 0 atom stereocenters. The summed E-state index contributed by atoms with van der Waals surface area (Å²) in [5.41, 5.74) is 6.75. The zero-order chi connectivity index (χ0) is 24.9. The van der Waals surface area contributed by atoms with Crippen molar-refractivity contribution in [3.8, 4) is 33.9 Å². The summed E-state index contributed by atoms with van der Waals surface area (Å²) in [6, 6.07) is 11.7.